The number of aromatic carboxylic acids is 1. The third-order valence-corrected chi connectivity index (χ3v) is 4.30. The van der Waals surface area contributed by atoms with Crippen molar-refractivity contribution in [3.63, 3.8) is 0 Å². The monoisotopic (exact) mass is 390 g/mol. The van der Waals surface area contributed by atoms with Crippen LogP contribution in [0.25, 0.3) is 10.8 Å². The molecular weight excluding hydrogens is 380 g/mol. The number of hydrogen-bond donors (Lipinski definition) is 1. The summed E-state index contributed by atoms with van der Waals surface area (Å²) >= 11 is 9.23. The highest BCUT2D eigenvalue weighted by Crippen LogP contribution is 2.34. The van der Waals surface area contributed by atoms with Gasteiger partial charge in [0.15, 0.2) is 0 Å². The second-order valence-corrected chi connectivity index (χ2v) is 6.29. The average molecular weight is 392 g/mol. The minimum Gasteiger partial charge on any atom is -0.487 e. The molecule has 0 unspecified atom stereocenters. The Morgan fingerprint density at radius 2 is 1.87 bits per heavy atom. The first-order valence-corrected chi connectivity index (χ1v) is 8.05. The quantitative estimate of drug-likeness (QED) is 0.636. The Hall–Kier alpha value is -2.04. The summed E-state index contributed by atoms with van der Waals surface area (Å²) < 4.78 is 6.31. The maximum Gasteiger partial charge on any atom is 0.339 e. The Balaban J connectivity index is 1.96. The number of rotatable bonds is 4. The number of ether oxygens (including phenoxy) is 1. The second-order valence-electron chi connectivity index (χ2n) is 5.00. The Bertz CT molecular complexity index is 887. The van der Waals surface area contributed by atoms with Crippen molar-refractivity contribution in [2.45, 2.75) is 6.61 Å². The lowest BCUT2D eigenvalue weighted by atomic mass is 10.1. The summed E-state index contributed by atoms with van der Waals surface area (Å²) in [6.45, 7) is 0.266. The van der Waals surface area contributed by atoms with E-state index < -0.39 is 5.97 Å². The van der Waals surface area contributed by atoms with Crippen LogP contribution >= 0.6 is 27.5 Å². The zero-order chi connectivity index (χ0) is 16.4. The molecule has 3 rings (SSSR count). The molecule has 0 aliphatic heterocycles. The van der Waals surface area contributed by atoms with Gasteiger partial charge in [-0.05, 0) is 44.4 Å². The first kappa shape index (κ1) is 15.8. The second kappa shape index (κ2) is 6.60. The van der Waals surface area contributed by atoms with Crippen LogP contribution in [0.3, 0.4) is 0 Å². The fourth-order valence-corrected chi connectivity index (χ4v) is 3.36. The van der Waals surface area contributed by atoms with E-state index >= 15 is 0 Å². The van der Waals surface area contributed by atoms with E-state index in [1.54, 1.807) is 6.07 Å². The standard InChI is InChI=1S/C18H12BrClO3/c19-16-9-13(20)8-15(18(21)22)17(16)23-10-12-6-3-5-11-4-1-2-7-14(11)12/h1-9H,10H2,(H,21,22). The van der Waals surface area contributed by atoms with Gasteiger partial charge >= 0.3 is 5.97 Å². The molecule has 0 aliphatic carbocycles. The van der Waals surface area contributed by atoms with Gasteiger partial charge in [0.05, 0.1) is 4.47 Å². The molecular formula is C18H12BrClO3. The van der Waals surface area contributed by atoms with Crippen LogP contribution in [0.2, 0.25) is 5.02 Å². The first-order chi connectivity index (χ1) is 11.1. The summed E-state index contributed by atoms with van der Waals surface area (Å²) in [5.74, 6) is -0.809. The molecule has 0 bridgehead atoms. The summed E-state index contributed by atoms with van der Waals surface area (Å²) in [6.07, 6.45) is 0. The van der Waals surface area contributed by atoms with Crippen molar-refractivity contribution in [2.75, 3.05) is 0 Å². The third-order valence-electron chi connectivity index (χ3n) is 3.49. The highest BCUT2D eigenvalue weighted by atomic mass is 79.9. The molecule has 0 saturated heterocycles. The molecule has 0 heterocycles. The Morgan fingerprint density at radius 3 is 2.65 bits per heavy atom. The van der Waals surface area contributed by atoms with Gasteiger partial charge in [0.2, 0.25) is 0 Å². The van der Waals surface area contributed by atoms with Crippen molar-refractivity contribution in [3.05, 3.63) is 75.2 Å². The van der Waals surface area contributed by atoms with E-state index in [1.807, 2.05) is 42.5 Å². The molecule has 0 fully saturated rings. The fourth-order valence-electron chi connectivity index (χ4n) is 2.43. The van der Waals surface area contributed by atoms with Crippen molar-refractivity contribution in [2.24, 2.45) is 0 Å². The lowest BCUT2D eigenvalue weighted by molar-refractivity contribution is 0.0691. The van der Waals surface area contributed by atoms with Gasteiger partial charge in [-0.15, -0.1) is 0 Å². The van der Waals surface area contributed by atoms with Crippen molar-refractivity contribution < 1.29 is 14.6 Å². The largest absolute Gasteiger partial charge is 0.487 e. The number of halogens is 2. The summed E-state index contributed by atoms with van der Waals surface area (Å²) in [7, 11) is 0. The van der Waals surface area contributed by atoms with Gasteiger partial charge < -0.3 is 9.84 Å². The summed E-state index contributed by atoms with van der Waals surface area (Å²) in [5, 5.41) is 11.9. The molecule has 0 spiro atoms. The molecule has 0 aliphatic rings. The molecule has 0 radical (unpaired) electrons. The van der Waals surface area contributed by atoms with Crippen LogP contribution < -0.4 is 4.74 Å². The molecule has 23 heavy (non-hydrogen) atoms. The minimum absolute atomic E-state index is 0.0320. The number of carboxylic acids is 1. The summed E-state index contributed by atoms with van der Waals surface area (Å²) in [5.41, 5.74) is 1.02. The van der Waals surface area contributed by atoms with Crippen LogP contribution in [0.4, 0.5) is 0 Å². The number of carboxylic acid groups (broad SMARTS) is 1. The highest BCUT2D eigenvalue weighted by Gasteiger charge is 2.16. The van der Waals surface area contributed by atoms with E-state index in [4.69, 9.17) is 16.3 Å². The van der Waals surface area contributed by atoms with E-state index in [1.165, 1.54) is 6.07 Å². The van der Waals surface area contributed by atoms with E-state index in [0.717, 1.165) is 16.3 Å². The van der Waals surface area contributed by atoms with Crippen LogP contribution in [0, 0.1) is 0 Å². The average Bonchev–Trinajstić information content (AvgIpc) is 2.53. The van der Waals surface area contributed by atoms with Crippen molar-refractivity contribution in [3.8, 4) is 5.75 Å². The Morgan fingerprint density at radius 1 is 1.13 bits per heavy atom. The smallest absolute Gasteiger partial charge is 0.339 e. The molecule has 0 atom stereocenters. The van der Waals surface area contributed by atoms with Gasteiger partial charge in [0, 0.05) is 5.02 Å². The van der Waals surface area contributed by atoms with Crippen LogP contribution in [0.15, 0.2) is 59.1 Å². The molecule has 3 aromatic carbocycles. The maximum atomic E-state index is 11.4. The van der Waals surface area contributed by atoms with E-state index in [9.17, 15) is 9.90 Å². The van der Waals surface area contributed by atoms with Gasteiger partial charge in [-0.25, -0.2) is 4.79 Å². The molecule has 3 aromatic rings. The van der Waals surface area contributed by atoms with Crippen LogP contribution in [-0.2, 0) is 6.61 Å². The number of fused-ring (bicyclic) bond motifs is 1. The number of hydrogen-bond acceptors (Lipinski definition) is 2. The molecule has 0 amide bonds. The fraction of sp³-hybridized carbons (Fsp3) is 0.0556. The van der Waals surface area contributed by atoms with Crippen molar-refractivity contribution >= 4 is 44.3 Å². The predicted molar refractivity (Wildman–Crippen MR) is 94.4 cm³/mol. The molecule has 0 aromatic heterocycles. The lowest BCUT2D eigenvalue weighted by Gasteiger charge is -2.13. The van der Waals surface area contributed by atoms with Crippen LogP contribution in [0.1, 0.15) is 15.9 Å². The van der Waals surface area contributed by atoms with Crippen LogP contribution in [-0.4, -0.2) is 11.1 Å². The van der Waals surface area contributed by atoms with Gasteiger partial charge in [0.1, 0.15) is 17.9 Å². The number of carbonyl (C=O) groups is 1. The molecule has 3 nitrogen and oxygen atoms in total. The zero-order valence-electron chi connectivity index (χ0n) is 11.9. The normalized spacial score (nSPS) is 10.7. The lowest BCUT2D eigenvalue weighted by Crippen LogP contribution is -2.04. The number of benzene rings is 3. The van der Waals surface area contributed by atoms with E-state index in [-0.39, 0.29) is 17.9 Å². The molecule has 5 heteroatoms. The molecule has 1 N–H and O–H groups in total. The molecule has 116 valence electrons. The Labute approximate surface area is 146 Å². The van der Waals surface area contributed by atoms with Crippen LogP contribution in [0.5, 0.6) is 5.75 Å². The topological polar surface area (TPSA) is 46.5 Å². The third kappa shape index (κ3) is 3.33. The Kier molecular flexibility index (Phi) is 4.55. The highest BCUT2D eigenvalue weighted by molar-refractivity contribution is 9.10. The maximum absolute atomic E-state index is 11.4. The first-order valence-electron chi connectivity index (χ1n) is 6.88. The summed E-state index contributed by atoms with van der Waals surface area (Å²) in [4.78, 5) is 11.4. The summed E-state index contributed by atoms with van der Waals surface area (Å²) in [6, 6.07) is 16.9. The van der Waals surface area contributed by atoms with Crippen molar-refractivity contribution in [1.29, 1.82) is 0 Å². The van der Waals surface area contributed by atoms with Gasteiger partial charge in [-0.2, -0.15) is 0 Å². The van der Waals surface area contributed by atoms with Gasteiger partial charge in [-0.1, -0.05) is 54.1 Å². The van der Waals surface area contributed by atoms with Gasteiger partial charge in [0.25, 0.3) is 0 Å². The molecule has 0 saturated carbocycles. The predicted octanol–water partition coefficient (Wildman–Crippen LogP) is 5.53. The van der Waals surface area contributed by atoms with Crippen molar-refractivity contribution in [1.82, 2.24) is 0 Å². The van der Waals surface area contributed by atoms with E-state index in [2.05, 4.69) is 15.9 Å². The van der Waals surface area contributed by atoms with Gasteiger partial charge in [-0.3, -0.25) is 0 Å². The van der Waals surface area contributed by atoms with E-state index in [0.29, 0.717) is 9.50 Å². The zero-order valence-corrected chi connectivity index (χ0v) is 14.3. The minimum atomic E-state index is -1.08. The SMILES string of the molecule is O=C(O)c1cc(Cl)cc(Br)c1OCc1cccc2ccccc12.